The van der Waals surface area contributed by atoms with Gasteiger partial charge in [0.05, 0.1) is 0 Å². The first-order chi connectivity index (χ1) is 6.68. The smallest absolute Gasteiger partial charge is 0.169 e. The van der Waals surface area contributed by atoms with E-state index in [1.165, 1.54) is 6.33 Å². The lowest BCUT2D eigenvalue weighted by molar-refractivity contribution is 0.457. The van der Waals surface area contributed by atoms with Gasteiger partial charge < -0.3 is 10.2 Å². The fourth-order valence-electron chi connectivity index (χ4n) is 1.21. The Morgan fingerprint density at radius 1 is 1.57 bits per heavy atom. The van der Waals surface area contributed by atoms with Gasteiger partial charge >= 0.3 is 0 Å². The molecule has 0 aromatic carbocycles. The lowest BCUT2D eigenvalue weighted by Crippen LogP contribution is -2.16. The molecule has 2 aromatic rings. The Balaban J connectivity index is 2.33. The minimum absolute atomic E-state index is 0.381. The van der Waals surface area contributed by atoms with Crippen LogP contribution in [0.3, 0.4) is 0 Å². The molecule has 2 rings (SSSR count). The molecule has 6 heteroatoms. The molecule has 2 aromatic heterocycles. The van der Waals surface area contributed by atoms with E-state index >= 15 is 0 Å². The van der Waals surface area contributed by atoms with Crippen LogP contribution in [-0.4, -0.2) is 14.8 Å². The summed E-state index contributed by atoms with van der Waals surface area (Å²) in [5.74, 6) is 1.33. The molecule has 0 spiro atoms. The van der Waals surface area contributed by atoms with Crippen molar-refractivity contribution < 1.29 is 4.42 Å². The number of nitrogens with zero attached hydrogens (tertiary/aromatic N) is 3. The molecule has 1 unspecified atom stereocenters. The molecule has 0 aliphatic rings. The van der Waals surface area contributed by atoms with Gasteiger partial charge in [0.2, 0.25) is 0 Å². The third kappa shape index (κ3) is 1.58. The van der Waals surface area contributed by atoms with Crippen molar-refractivity contribution in [3.63, 3.8) is 0 Å². The third-order valence-electron chi connectivity index (χ3n) is 1.93. The summed E-state index contributed by atoms with van der Waals surface area (Å²) < 4.78 is 7.62. The van der Waals surface area contributed by atoms with Crippen LogP contribution in [0.1, 0.15) is 17.6 Å². The molecule has 0 amide bonds. The fourth-order valence-corrected chi connectivity index (χ4v) is 1.53. The van der Waals surface area contributed by atoms with E-state index in [0.29, 0.717) is 16.3 Å². The number of furan rings is 1. The van der Waals surface area contributed by atoms with Gasteiger partial charge in [-0.15, -0.1) is 0 Å². The summed E-state index contributed by atoms with van der Waals surface area (Å²) in [6.07, 6.45) is 1.47. The van der Waals surface area contributed by atoms with E-state index in [0.717, 1.165) is 0 Å². The maximum Gasteiger partial charge on any atom is 0.169 e. The maximum absolute atomic E-state index is 5.94. The van der Waals surface area contributed by atoms with Crippen LogP contribution < -0.4 is 5.73 Å². The van der Waals surface area contributed by atoms with Crippen molar-refractivity contribution in [3.8, 4) is 0 Å². The minimum atomic E-state index is -0.381. The zero-order valence-electron chi connectivity index (χ0n) is 7.51. The topological polar surface area (TPSA) is 69.9 Å². The van der Waals surface area contributed by atoms with Crippen molar-refractivity contribution in [3.05, 3.63) is 34.7 Å². The van der Waals surface area contributed by atoms with Crippen LogP contribution in [0.25, 0.3) is 0 Å². The van der Waals surface area contributed by atoms with Crippen LogP contribution >= 0.6 is 15.9 Å². The Kier molecular flexibility index (Phi) is 2.39. The Labute approximate surface area is 89.0 Å². The Morgan fingerprint density at radius 3 is 2.86 bits per heavy atom. The van der Waals surface area contributed by atoms with Gasteiger partial charge in [-0.05, 0) is 28.1 Å². The Morgan fingerprint density at radius 2 is 2.36 bits per heavy atom. The zero-order valence-corrected chi connectivity index (χ0v) is 9.10. The van der Waals surface area contributed by atoms with Crippen LogP contribution in [0.15, 0.2) is 27.5 Å². The average Bonchev–Trinajstić information content (AvgIpc) is 2.73. The summed E-state index contributed by atoms with van der Waals surface area (Å²) >= 11 is 3.22. The van der Waals surface area contributed by atoms with Crippen molar-refractivity contribution in [2.45, 2.75) is 6.04 Å². The van der Waals surface area contributed by atoms with Crippen LogP contribution in [0.4, 0.5) is 0 Å². The lowest BCUT2D eigenvalue weighted by atomic mass is 10.2. The molecular weight excluding hydrogens is 248 g/mol. The zero-order chi connectivity index (χ0) is 10.1. The molecule has 1 atom stereocenters. The van der Waals surface area contributed by atoms with Gasteiger partial charge in [-0.3, -0.25) is 4.68 Å². The average molecular weight is 257 g/mol. The normalized spacial score (nSPS) is 13.1. The van der Waals surface area contributed by atoms with E-state index in [4.69, 9.17) is 10.2 Å². The van der Waals surface area contributed by atoms with E-state index < -0.39 is 0 Å². The number of aryl methyl sites for hydroxylation is 1. The number of rotatable bonds is 2. The van der Waals surface area contributed by atoms with E-state index in [2.05, 4.69) is 26.0 Å². The molecule has 14 heavy (non-hydrogen) atoms. The number of hydrogen-bond acceptors (Lipinski definition) is 4. The monoisotopic (exact) mass is 256 g/mol. The standard InChI is InChI=1S/C8H9BrN4O/c1-13-8(11-4-12-13)7(10)5-2-3-6(9)14-5/h2-4,7H,10H2,1H3. The van der Waals surface area contributed by atoms with Gasteiger partial charge in [-0.2, -0.15) is 5.10 Å². The Hall–Kier alpha value is -1.14. The quantitative estimate of drug-likeness (QED) is 0.878. The predicted octanol–water partition coefficient (Wildman–Crippen LogP) is 1.22. The fraction of sp³-hybridized carbons (Fsp3) is 0.250. The van der Waals surface area contributed by atoms with Gasteiger partial charge in [0.1, 0.15) is 18.1 Å². The van der Waals surface area contributed by atoms with E-state index in [1.807, 2.05) is 6.07 Å². The molecule has 74 valence electrons. The third-order valence-corrected chi connectivity index (χ3v) is 2.35. The highest BCUT2D eigenvalue weighted by atomic mass is 79.9. The molecule has 0 fully saturated rings. The first-order valence-electron chi connectivity index (χ1n) is 4.03. The van der Waals surface area contributed by atoms with E-state index in [-0.39, 0.29) is 6.04 Å². The first kappa shape index (κ1) is 9.42. The molecule has 5 nitrogen and oxygen atoms in total. The number of aromatic nitrogens is 3. The van der Waals surface area contributed by atoms with Crippen molar-refractivity contribution in [2.24, 2.45) is 12.8 Å². The van der Waals surface area contributed by atoms with Crippen molar-refractivity contribution in [1.82, 2.24) is 14.8 Å². The van der Waals surface area contributed by atoms with Gasteiger partial charge in [-0.25, -0.2) is 4.98 Å². The van der Waals surface area contributed by atoms with Gasteiger partial charge in [0, 0.05) is 7.05 Å². The first-order valence-corrected chi connectivity index (χ1v) is 4.82. The molecule has 0 aliphatic carbocycles. The van der Waals surface area contributed by atoms with Gasteiger partial charge in [0.25, 0.3) is 0 Å². The van der Waals surface area contributed by atoms with Gasteiger partial charge in [-0.1, -0.05) is 0 Å². The van der Waals surface area contributed by atoms with E-state index in [9.17, 15) is 0 Å². The number of halogens is 1. The molecule has 2 N–H and O–H groups in total. The second-order valence-electron chi connectivity index (χ2n) is 2.86. The molecule has 0 saturated heterocycles. The predicted molar refractivity (Wildman–Crippen MR) is 53.4 cm³/mol. The highest BCUT2D eigenvalue weighted by Crippen LogP contribution is 2.22. The van der Waals surface area contributed by atoms with Crippen LogP contribution in [0, 0.1) is 0 Å². The Bertz CT molecular complexity index is 436. The molecular formula is C8H9BrN4O. The number of nitrogens with two attached hydrogens (primary N) is 1. The van der Waals surface area contributed by atoms with E-state index in [1.54, 1.807) is 17.8 Å². The molecule has 0 radical (unpaired) electrons. The highest BCUT2D eigenvalue weighted by molar-refractivity contribution is 9.10. The van der Waals surface area contributed by atoms with Crippen molar-refractivity contribution in [2.75, 3.05) is 0 Å². The minimum Gasteiger partial charge on any atom is -0.452 e. The summed E-state index contributed by atoms with van der Waals surface area (Å²) in [7, 11) is 1.79. The molecule has 0 aliphatic heterocycles. The SMILES string of the molecule is Cn1ncnc1C(N)c1ccc(Br)o1. The lowest BCUT2D eigenvalue weighted by Gasteiger charge is -2.06. The molecule has 2 heterocycles. The van der Waals surface area contributed by atoms with Crippen molar-refractivity contribution in [1.29, 1.82) is 0 Å². The second kappa shape index (κ2) is 3.55. The summed E-state index contributed by atoms with van der Waals surface area (Å²) in [6.45, 7) is 0. The molecule has 0 bridgehead atoms. The summed E-state index contributed by atoms with van der Waals surface area (Å²) in [4.78, 5) is 4.05. The summed E-state index contributed by atoms with van der Waals surface area (Å²) in [5, 5.41) is 3.94. The van der Waals surface area contributed by atoms with Crippen LogP contribution in [0.2, 0.25) is 0 Å². The second-order valence-corrected chi connectivity index (χ2v) is 3.64. The van der Waals surface area contributed by atoms with Gasteiger partial charge in [0.15, 0.2) is 10.5 Å². The molecule has 0 saturated carbocycles. The highest BCUT2D eigenvalue weighted by Gasteiger charge is 2.17. The number of hydrogen-bond donors (Lipinski definition) is 1. The maximum atomic E-state index is 5.94. The van der Waals surface area contributed by atoms with Crippen LogP contribution in [0.5, 0.6) is 0 Å². The summed E-state index contributed by atoms with van der Waals surface area (Å²) in [6, 6.07) is 3.23. The summed E-state index contributed by atoms with van der Waals surface area (Å²) in [5.41, 5.74) is 5.94. The van der Waals surface area contributed by atoms with Crippen LogP contribution in [-0.2, 0) is 7.05 Å². The van der Waals surface area contributed by atoms with Crippen molar-refractivity contribution >= 4 is 15.9 Å². The largest absolute Gasteiger partial charge is 0.452 e.